The van der Waals surface area contributed by atoms with Gasteiger partial charge in [-0.1, -0.05) is 15.9 Å². The highest BCUT2D eigenvalue weighted by Gasteiger charge is 2.45. The molecule has 6 nitrogen and oxygen atoms in total. The van der Waals surface area contributed by atoms with Crippen molar-refractivity contribution in [3.8, 4) is 0 Å². The summed E-state index contributed by atoms with van der Waals surface area (Å²) in [6, 6.07) is 1.25. The van der Waals surface area contributed by atoms with Gasteiger partial charge in [0.1, 0.15) is 4.87 Å². The number of hydrogen-bond acceptors (Lipinski definition) is 5. The van der Waals surface area contributed by atoms with Gasteiger partial charge in [0.15, 0.2) is 0 Å². The van der Waals surface area contributed by atoms with E-state index in [1.165, 1.54) is 28.6 Å². The number of rotatable bonds is 3. The lowest BCUT2D eigenvalue weighted by molar-refractivity contribution is 0.131. The topological polar surface area (TPSA) is 95.3 Å². The van der Waals surface area contributed by atoms with Crippen LogP contribution < -0.4 is 11.2 Å². The van der Waals surface area contributed by atoms with E-state index in [4.69, 9.17) is 0 Å². The zero-order valence-electron chi connectivity index (χ0n) is 9.82. The summed E-state index contributed by atoms with van der Waals surface area (Å²) in [5.41, 5.74) is -1.02. The summed E-state index contributed by atoms with van der Waals surface area (Å²) in [7, 11) is 0. The van der Waals surface area contributed by atoms with Gasteiger partial charge in [0, 0.05) is 18.7 Å². The summed E-state index contributed by atoms with van der Waals surface area (Å²) in [4.78, 5) is 26.0. The summed E-state index contributed by atoms with van der Waals surface area (Å²) in [6.45, 7) is -0.179. The fraction of sp³-hybridized carbons (Fsp3) is 0.455. The predicted molar refractivity (Wildman–Crippen MR) is 76.5 cm³/mol. The summed E-state index contributed by atoms with van der Waals surface area (Å²) < 4.78 is 1.36. The van der Waals surface area contributed by atoms with E-state index >= 15 is 0 Å². The number of aromatic amines is 1. The second-order valence-electron chi connectivity index (χ2n) is 4.23. The first-order chi connectivity index (χ1) is 9.02. The largest absolute Gasteiger partial charge is 0.395 e. The summed E-state index contributed by atoms with van der Waals surface area (Å²) in [5, 5.41) is 18.8. The van der Waals surface area contributed by atoms with Crippen molar-refractivity contribution >= 4 is 27.7 Å². The molecule has 0 saturated carbocycles. The van der Waals surface area contributed by atoms with Gasteiger partial charge in [0.2, 0.25) is 0 Å². The molecule has 104 valence electrons. The van der Waals surface area contributed by atoms with Crippen LogP contribution in [0.4, 0.5) is 0 Å². The maximum atomic E-state index is 11.9. The maximum Gasteiger partial charge on any atom is 0.329 e. The molecule has 19 heavy (non-hydrogen) atoms. The van der Waals surface area contributed by atoms with Crippen LogP contribution in [0.5, 0.6) is 0 Å². The molecule has 0 bridgehead atoms. The smallest absolute Gasteiger partial charge is 0.329 e. The Morgan fingerprint density at radius 1 is 1.63 bits per heavy atom. The van der Waals surface area contributed by atoms with E-state index in [0.29, 0.717) is 0 Å². The third kappa shape index (κ3) is 2.71. The number of H-pyrrole nitrogens is 1. The minimum absolute atomic E-state index is 0.179. The molecule has 1 aromatic heterocycles. The van der Waals surface area contributed by atoms with Crippen molar-refractivity contribution in [2.45, 2.75) is 22.6 Å². The van der Waals surface area contributed by atoms with E-state index in [9.17, 15) is 19.8 Å². The monoisotopic (exact) mass is 348 g/mol. The van der Waals surface area contributed by atoms with Crippen LogP contribution in [0.25, 0.3) is 0 Å². The maximum absolute atomic E-state index is 11.9. The molecule has 1 aliphatic rings. The van der Waals surface area contributed by atoms with Crippen LogP contribution in [-0.2, 0) is 4.87 Å². The Kier molecular flexibility index (Phi) is 4.34. The molecule has 0 spiro atoms. The van der Waals surface area contributed by atoms with Crippen molar-refractivity contribution in [2.75, 3.05) is 6.61 Å². The van der Waals surface area contributed by atoms with E-state index in [-0.39, 0.29) is 18.3 Å². The average Bonchev–Trinajstić information content (AvgIpc) is 2.66. The van der Waals surface area contributed by atoms with Crippen molar-refractivity contribution in [2.24, 2.45) is 0 Å². The first-order valence-electron chi connectivity index (χ1n) is 5.59. The van der Waals surface area contributed by atoms with Gasteiger partial charge in [0.25, 0.3) is 5.56 Å². The molecule has 2 rings (SSSR count). The number of halogens is 1. The Hall–Kier alpha value is -0.830. The molecular formula is C11H13BrN2O4S. The van der Waals surface area contributed by atoms with Crippen LogP contribution in [0.15, 0.2) is 32.9 Å². The molecule has 2 heterocycles. The van der Waals surface area contributed by atoms with Gasteiger partial charge >= 0.3 is 5.69 Å². The second-order valence-corrected chi connectivity index (χ2v) is 6.30. The fourth-order valence-electron chi connectivity index (χ4n) is 2.14. The number of nitrogens with zero attached hydrogens (tertiary/aromatic N) is 1. The Bertz CT molecular complexity index is 599. The van der Waals surface area contributed by atoms with Crippen LogP contribution in [-0.4, -0.2) is 37.7 Å². The quantitative estimate of drug-likeness (QED) is 0.712. The van der Waals surface area contributed by atoms with Crippen molar-refractivity contribution in [3.63, 3.8) is 0 Å². The average molecular weight is 349 g/mol. The molecule has 1 saturated heterocycles. The van der Waals surface area contributed by atoms with Crippen LogP contribution in [0.1, 0.15) is 6.42 Å². The zero-order valence-corrected chi connectivity index (χ0v) is 12.2. The Morgan fingerprint density at radius 2 is 2.37 bits per heavy atom. The van der Waals surface area contributed by atoms with Gasteiger partial charge in [-0.05, 0) is 11.1 Å². The Balaban J connectivity index is 2.52. The van der Waals surface area contributed by atoms with Gasteiger partial charge in [0.05, 0.1) is 18.0 Å². The third-order valence-electron chi connectivity index (χ3n) is 3.02. The number of nitrogens with one attached hydrogen (secondary N) is 1. The first-order valence-corrected chi connectivity index (χ1v) is 7.39. The van der Waals surface area contributed by atoms with Crippen molar-refractivity contribution in [1.82, 2.24) is 9.55 Å². The normalized spacial score (nSPS) is 31.1. The molecule has 0 amide bonds. The van der Waals surface area contributed by atoms with E-state index in [1.54, 1.807) is 11.1 Å². The summed E-state index contributed by atoms with van der Waals surface area (Å²) in [5.74, 6) is 0. The lowest BCUT2D eigenvalue weighted by Gasteiger charge is -2.26. The van der Waals surface area contributed by atoms with Crippen molar-refractivity contribution < 1.29 is 10.2 Å². The van der Waals surface area contributed by atoms with E-state index in [1.807, 2.05) is 0 Å². The summed E-state index contributed by atoms with van der Waals surface area (Å²) in [6.07, 6.45) is 2.67. The summed E-state index contributed by atoms with van der Waals surface area (Å²) >= 11 is 4.46. The SMILES string of the molecule is O=c1ccn([C@@]2(C=CBr)C[C@H](O)[C@@H](CO)S2)c(=O)[nH]1. The van der Waals surface area contributed by atoms with Crippen LogP contribution in [0.3, 0.4) is 0 Å². The fourth-order valence-corrected chi connectivity index (χ4v) is 4.27. The van der Waals surface area contributed by atoms with E-state index in [0.717, 1.165) is 0 Å². The zero-order chi connectivity index (χ0) is 14.0. The van der Waals surface area contributed by atoms with Crippen molar-refractivity contribution in [3.05, 3.63) is 44.2 Å². The molecule has 0 unspecified atom stereocenters. The van der Waals surface area contributed by atoms with Crippen molar-refractivity contribution in [1.29, 1.82) is 0 Å². The van der Waals surface area contributed by atoms with Crippen LogP contribution >= 0.6 is 27.7 Å². The predicted octanol–water partition coefficient (Wildman–Crippen LogP) is -0.0433. The lowest BCUT2D eigenvalue weighted by Crippen LogP contribution is -2.39. The Labute approximate surface area is 121 Å². The number of hydrogen-bond donors (Lipinski definition) is 3. The number of aromatic nitrogens is 2. The lowest BCUT2D eigenvalue weighted by atomic mass is 10.1. The minimum atomic E-state index is -0.822. The second kappa shape index (κ2) is 5.66. The molecule has 0 aromatic carbocycles. The van der Waals surface area contributed by atoms with Crippen LogP contribution in [0.2, 0.25) is 0 Å². The highest BCUT2D eigenvalue weighted by atomic mass is 79.9. The number of thioether (sulfide) groups is 1. The number of aliphatic hydroxyl groups is 2. The molecule has 3 atom stereocenters. The molecule has 1 aromatic rings. The molecular weight excluding hydrogens is 336 g/mol. The van der Waals surface area contributed by atoms with E-state index < -0.39 is 22.2 Å². The van der Waals surface area contributed by atoms with Gasteiger partial charge < -0.3 is 10.2 Å². The highest BCUT2D eigenvalue weighted by molar-refractivity contribution is 9.11. The highest BCUT2D eigenvalue weighted by Crippen LogP contribution is 2.47. The minimum Gasteiger partial charge on any atom is -0.395 e. The van der Waals surface area contributed by atoms with Gasteiger partial charge in [-0.15, -0.1) is 11.8 Å². The standard InChI is InChI=1S/C11H13BrN2O4S/c12-3-2-11(5-7(16)8(6-15)19-11)14-4-1-9(17)13-10(14)18/h1-4,7-8,15-16H,5-6H2,(H,13,17,18)/t7-,8+,11+/m0/s1. The third-order valence-corrected chi connectivity index (χ3v) is 4.96. The molecule has 8 heteroatoms. The first kappa shape index (κ1) is 14.6. The van der Waals surface area contributed by atoms with Gasteiger partial charge in [-0.2, -0.15) is 0 Å². The number of aliphatic hydroxyl groups excluding tert-OH is 2. The van der Waals surface area contributed by atoms with Gasteiger partial charge in [-0.25, -0.2) is 4.79 Å². The molecule has 1 fully saturated rings. The van der Waals surface area contributed by atoms with Gasteiger partial charge in [-0.3, -0.25) is 14.3 Å². The Morgan fingerprint density at radius 3 is 2.89 bits per heavy atom. The van der Waals surface area contributed by atoms with Crippen LogP contribution in [0, 0.1) is 0 Å². The molecule has 3 N–H and O–H groups in total. The van der Waals surface area contributed by atoms with E-state index in [2.05, 4.69) is 20.9 Å². The molecule has 1 aliphatic heterocycles. The molecule has 0 aliphatic carbocycles. The molecule has 0 radical (unpaired) electrons.